The molecule has 2 unspecified atom stereocenters. The van der Waals surface area contributed by atoms with Gasteiger partial charge in [0.2, 0.25) is 0 Å². The standard InChI is InChI=1S/C15H26O.CH2O3/c1-12(2)7-5-8-13(3)9-6-10-14(4)15-11-16-15;2-1(3)4/h7,9,14-15H,5-6,8,10-11H2,1-4H3;(H2,2,3,4)/b13-9+;. The molecule has 1 aliphatic rings. The molecule has 0 radical (unpaired) electrons. The van der Waals surface area contributed by atoms with Crippen molar-refractivity contribution in [2.45, 2.75) is 59.5 Å². The fourth-order valence-corrected chi connectivity index (χ4v) is 1.85. The molecular weight excluding hydrogens is 256 g/mol. The first-order valence-corrected chi connectivity index (χ1v) is 7.15. The van der Waals surface area contributed by atoms with E-state index in [1.807, 2.05) is 0 Å². The lowest BCUT2D eigenvalue weighted by Gasteiger charge is -2.05. The zero-order chi connectivity index (χ0) is 15.5. The van der Waals surface area contributed by atoms with E-state index in [2.05, 4.69) is 39.8 Å². The van der Waals surface area contributed by atoms with Gasteiger partial charge >= 0.3 is 6.16 Å². The normalized spacial score (nSPS) is 18.6. The second-order valence-corrected chi connectivity index (χ2v) is 5.58. The summed E-state index contributed by atoms with van der Waals surface area (Å²) < 4.78 is 5.29. The second kappa shape index (κ2) is 10.5. The van der Waals surface area contributed by atoms with Crippen LogP contribution in [0.15, 0.2) is 23.3 Å². The van der Waals surface area contributed by atoms with Crippen molar-refractivity contribution in [3.8, 4) is 0 Å². The maximum Gasteiger partial charge on any atom is 0.503 e. The molecule has 2 atom stereocenters. The van der Waals surface area contributed by atoms with Crippen molar-refractivity contribution in [2.24, 2.45) is 5.92 Å². The highest BCUT2D eigenvalue weighted by Crippen LogP contribution is 2.24. The molecule has 0 aromatic heterocycles. The van der Waals surface area contributed by atoms with Crippen LogP contribution in [-0.4, -0.2) is 29.1 Å². The lowest BCUT2D eigenvalue weighted by molar-refractivity contribution is 0.137. The minimum Gasteiger partial charge on any atom is -0.450 e. The molecule has 4 nitrogen and oxygen atoms in total. The number of ether oxygens (including phenoxy) is 1. The summed E-state index contributed by atoms with van der Waals surface area (Å²) in [4.78, 5) is 8.56. The summed E-state index contributed by atoms with van der Waals surface area (Å²) in [5, 5.41) is 13.9. The van der Waals surface area contributed by atoms with Gasteiger partial charge in [-0.05, 0) is 52.4 Å². The highest BCUT2D eigenvalue weighted by molar-refractivity contribution is 5.53. The molecule has 0 aliphatic carbocycles. The smallest absolute Gasteiger partial charge is 0.450 e. The van der Waals surface area contributed by atoms with Gasteiger partial charge in [-0.15, -0.1) is 0 Å². The summed E-state index contributed by atoms with van der Waals surface area (Å²) in [5.74, 6) is 0.738. The van der Waals surface area contributed by atoms with Crippen molar-refractivity contribution in [1.29, 1.82) is 0 Å². The Hall–Kier alpha value is -1.29. The van der Waals surface area contributed by atoms with Crippen molar-refractivity contribution in [1.82, 2.24) is 0 Å². The van der Waals surface area contributed by atoms with Gasteiger partial charge in [-0.2, -0.15) is 0 Å². The Morgan fingerprint density at radius 2 is 1.80 bits per heavy atom. The summed E-state index contributed by atoms with van der Waals surface area (Å²) in [6.45, 7) is 9.86. The minimum absolute atomic E-state index is 0.569. The average molecular weight is 284 g/mol. The molecule has 0 saturated carbocycles. The van der Waals surface area contributed by atoms with E-state index in [9.17, 15) is 0 Å². The van der Waals surface area contributed by atoms with Gasteiger partial charge in [0.1, 0.15) is 0 Å². The van der Waals surface area contributed by atoms with E-state index in [-0.39, 0.29) is 0 Å². The second-order valence-electron chi connectivity index (χ2n) is 5.58. The number of allylic oxidation sites excluding steroid dienone is 4. The number of carbonyl (C=O) groups is 1. The molecular formula is C16H28O4. The number of rotatable bonds is 7. The van der Waals surface area contributed by atoms with Crippen LogP contribution in [-0.2, 0) is 4.74 Å². The first kappa shape index (κ1) is 18.7. The van der Waals surface area contributed by atoms with Crippen LogP contribution in [0.4, 0.5) is 4.79 Å². The molecule has 1 saturated heterocycles. The highest BCUT2D eigenvalue weighted by Gasteiger charge is 2.28. The van der Waals surface area contributed by atoms with Crippen LogP contribution < -0.4 is 0 Å². The Kier molecular flexibility index (Phi) is 9.82. The Labute approximate surface area is 122 Å². The molecule has 1 fully saturated rings. The lowest BCUT2D eigenvalue weighted by Crippen LogP contribution is -2.01. The molecule has 0 aromatic carbocycles. The number of epoxide rings is 1. The third kappa shape index (κ3) is 13.1. The van der Waals surface area contributed by atoms with Crippen molar-refractivity contribution in [3.05, 3.63) is 23.3 Å². The van der Waals surface area contributed by atoms with Crippen molar-refractivity contribution in [2.75, 3.05) is 6.61 Å². The first-order valence-electron chi connectivity index (χ1n) is 7.15. The van der Waals surface area contributed by atoms with Crippen LogP contribution in [0.5, 0.6) is 0 Å². The maximum atomic E-state index is 8.56. The minimum atomic E-state index is -1.83. The van der Waals surface area contributed by atoms with E-state index in [0.717, 1.165) is 12.5 Å². The predicted molar refractivity (Wildman–Crippen MR) is 81.2 cm³/mol. The molecule has 0 aromatic rings. The van der Waals surface area contributed by atoms with Crippen molar-refractivity contribution in [3.63, 3.8) is 0 Å². The van der Waals surface area contributed by atoms with E-state index in [0.29, 0.717) is 6.10 Å². The quantitative estimate of drug-likeness (QED) is 0.524. The molecule has 0 amide bonds. The number of hydrogen-bond acceptors (Lipinski definition) is 2. The molecule has 1 aliphatic heterocycles. The van der Waals surface area contributed by atoms with Gasteiger partial charge in [-0.25, -0.2) is 4.79 Å². The van der Waals surface area contributed by atoms with Gasteiger partial charge < -0.3 is 14.9 Å². The molecule has 0 bridgehead atoms. The molecule has 1 heterocycles. The van der Waals surface area contributed by atoms with Gasteiger partial charge in [0.25, 0.3) is 0 Å². The van der Waals surface area contributed by atoms with Crippen molar-refractivity contribution < 1.29 is 19.7 Å². The van der Waals surface area contributed by atoms with Gasteiger partial charge in [-0.3, -0.25) is 0 Å². The molecule has 0 spiro atoms. The Balaban J connectivity index is 0.000000796. The van der Waals surface area contributed by atoms with Crippen LogP contribution in [0.1, 0.15) is 53.4 Å². The Bertz CT molecular complexity index is 332. The third-order valence-electron chi connectivity index (χ3n) is 3.20. The SMILES string of the molecule is CC(C)=CCC/C(C)=C/CCC(C)C1CO1.O=C(O)O. The van der Waals surface area contributed by atoms with Gasteiger partial charge in [0.05, 0.1) is 12.7 Å². The molecule has 4 heteroatoms. The zero-order valence-corrected chi connectivity index (χ0v) is 13.1. The van der Waals surface area contributed by atoms with Crippen molar-refractivity contribution >= 4 is 6.16 Å². The maximum absolute atomic E-state index is 8.56. The van der Waals surface area contributed by atoms with Crippen LogP contribution in [0.2, 0.25) is 0 Å². The summed E-state index contributed by atoms with van der Waals surface area (Å²) in [5.41, 5.74) is 2.95. The molecule has 2 N–H and O–H groups in total. The summed E-state index contributed by atoms with van der Waals surface area (Å²) >= 11 is 0. The topological polar surface area (TPSA) is 70.1 Å². The average Bonchev–Trinajstić information content (AvgIpc) is 3.11. The van der Waals surface area contributed by atoms with E-state index in [4.69, 9.17) is 19.7 Å². The van der Waals surface area contributed by atoms with E-state index in [1.54, 1.807) is 0 Å². The predicted octanol–water partition coefficient (Wildman–Crippen LogP) is 4.72. The number of hydrogen-bond donors (Lipinski definition) is 2. The van der Waals surface area contributed by atoms with Gasteiger partial charge in [0, 0.05) is 0 Å². The van der Waals surface area contributed by atoms with Gasteiger partial charge in [-0.1, -0.05) is 30.2 Å². The molecule has 1 rings (SSSR count). The number of carboxylic acid groups (broad SMARTS) is 2. The Morgan fingerprint density at radius 1 is 1.25 bits per heavy atom. The highest BCUT2D eigenvalue weighted by atomic mass is 16.6. The lowest BCUT2D eigenvalue weighted by atomic mass is 10.0. The summed E-state index contributed by atoms with van der Waals surface area (Å²) in [6, 6.07) is 0. The summed E-state index contributed by atoms with van der Waals surface area (Å²) in [7, 11) is 0. The van der Waals surface area contributed by atoms with E-state index in [1.165, 1.54) is 36.8 Å². The largest absolute Gasteiger partial charge is 0.503 e. The van der Waals surface area contributed by atoms with E-state index >= 15 is 0 Å². The third-order valence-corrected chi connectivity index (χ3v) is 3.20. The first-order chi connectivity index (χ1) is 9.32. The zero-order valence-electron chi connectivity index (χ0n) is 13.1. The molecule has 116 valence electrons. The fraction of sp³-hybridized carbons (Fsp3) is 0.688. The fourth-order valence-electron chi connectivity index (χ4n) is 1.85. The van der Waals surface area contributed by atoms with Gasteiger partial charge in [0.15, 0.2) is 0 Å². The van der Waals surface area contributed by atoms with Crippen LogP contribution in [0.25, 0.3) is 0 Å². The van der Waals surface area contributed by atoms with Crippen LogP contribution >= 0.6 is 0 Å². The van der Waals surface area contributed by atoms with E-state index < -0.39 is 6.16 Å². The Morgan fingerprint density at radius 3 is 2.25 bits per heavy atom. The van der Waals surface area contributed by atoms with Crippen LogP contribution in [0.3, 0.4) is 0 Å². The monoisotopic (exact) mass is 284 g/mol. The molecule has 20 heavy (non-hydrogen) atoms. The van der Waals surface area contributed by atoms with Crippen LogP contribution in [0, 0.1) is 5.92 Å². The summed E-state index contributed by atoms with van der Waals surface area (Å²) in [6.07, 6.45) is 8.33.